The maximum absolute atomic E-state index is 13.8. The van der Waals surface area contributed by atoms with Crippen LogP contribution in [0.1, 0.15) is 20.7 Å². The largest absolute Gasteiger partial charge is 0.322 e. The second kappa shape index (κ2) is 13.3. The molecule has 0 bridgehead atoms. The molecule has 0 aliphatic heterocycles. The lowest BCUT2D eigenvalue weighted by Gasteiger charge is -2.13. The molecule has 234 valence electrons. The van der Waals surface area contributed by atoms with Gasteiger partial charge in [-0.15, -0.1) is 0 Å². The minimum atomic E-state index is -0.343. The van der Waals surface area contributed by atoms with E-state index in [1.54, 1.807) is 72.8 Å². The summed E-state index contributed by atoms with van der Waals surface area (Å²) in [5.41, 5.74) is 5.72. The number of anilines is 2. The third-order valence-electron chi connectivity index (χ3n) is 7.73. The van der Waals surface area contributed by atoms with Crippen LogP contribution in [-0.2, 0) is 0 Å². The minimum absolute atomic E-state index is 0.343. The van der Waals surface area contributed by atoms with E-state index < -0.39 is 0 Å². The predicted octanol–water partition coefficient (Wildman–Crippen LogP) is 11.2. The summed E-state index contributed by atoms with van der Waals surface area (Å²) in [7, 11) is 0. The average molecular weight is 708 g/mol. The van der Waals surface area contributed by atoms with E-state index in [1.165, 1.54) is 0 Å². The van der Waals surface area contributed by atoms with E-state index in [-0.39, 0.29) is 11.8 Å². The van der Waals surface area contributed by atoms with Crippen LogP contribution >= 0.6 is 46.4 Å². The van der Waals surface area contributed by atoms with Crippen LogP contribution in [0.15, 0.2) is 121 Å². The van der Waals surface area contributed by atoms with Gasteiger partial charge in [-0.25, -0.2) is 9.97 Å². The van der Waals surface area contributed by atoms with Crippen LogP contribution in [0.2, 0.25) is 20.1 Å². The Morgan fingerprint density at radius 2 is 0.896 bits per heavy atom. The maximum atomic E-state index is 13.8. The molecule has 7 aromatic rings. The summed E-state index contributed by atoms with van der Waals surface area (Å²) in [5, 5.41) is 8.95. The number of amides is 2. The highest BCUT2D eigenvalue weighted by Gasteiger charge is 2.17. The summed E-state index contributed by atoms with van der Waals surface area (Å²) in [6, 6.07) is 35.6. The number of pyridine rings is 2. The molecule has 0 unspecified atom stereocenters. The molecule has 0 atom stereocenters. The Morgan fingerprint density at radius 3 is 1.33 bits per heavy atom. The molecular formula is C38H22Cl4N4O2. The quantitative estimate of drug-likeness (QED) is 0.180. The van der Waals surface area contributed by atoms with Crippen LogP contribution in [0.25, 0.3) is 44.3 Å². The number of rotatable bonds is 6. The van der Waals surface area contributed by atoms with Crippen molar-refractivity contribution >= 4 is 91.4 Å². The van der Waals surface area contributed by atoms with E-state index in [0.717, 1.165) is 11.1 Å². The molecule has 48 heavy (non-hydrogen) atoms. The lowest BCUT2D eigenvalue weighted by Crippen LogP contribution is -2.15. The molecule has 2 aromatic heterocycles. The Morgan fingerprint density at radius 1 is 0.458 bits per heavy atom. The number of para-hydroxylation sites is 2. The van der Waals surface area contributed by atoms with Crippen LogP contribution in [0.5, 0.6) is 0 Å². The van der Waals surface area contributed by atoms with Crippen molar-refractivity contribution in [2.45, 2.75) is 0 Å². The first-order valence-electron chi connectivity index (χ1n) is 14.7. The summed E-state index contributed by atoms with van der Waals surface area (Å²) >= 11 is 24.8. The van der Waals surface area contributed by atoms with E-state index in [4.69, 9.17) is 56.4 Å². The standard InChI is InChI=1S/C38H22Cl4N4O2/c39-29-14-12-21(16-31(29)41)35-19-27(25-8-1-3-10-33(25)45-35)37(47)43-23-6-5-7-24(18-23)44-38(48)28-20-36(22-13-15-30(40)32(42)17-22)46-34-11-4-2-9-26(28)34/h1-20H,(H,43,47)(H,44,48). The zero-order valence-electron chi connectivity index (χ0n) is 24.8. The Bertz CT molecular complexity index is 2250. The minimum Gasteiger partial charge on any atom is -0.322 e. The molecule has 5 aromatic carbocycles. The molecule has 10 heteroatoms. The number of aromatic nitrogens is 2. The van der Waals surface area contributed by atoms with Crippen molar-refractivity contribution in [1.29, 1.82) is 0 Å². The van der Waals surface area contributed by atoms with Crippen molar-refractivity contribution in [2.75, 3.05) is 10.6 Å². The van der Waals surface area contributed by atoms with Crippen LogP contribution in [0.4, 0.5) is 11.4 Å². The lowest BCUT2D eigenvalue weighted by atomic mass is 10.0. The normalized spacial score (nSPS) is 11.1. The maximum Gasteiger partial charge on any atom is 0.256 e. The smallest absolute Gasteiger partial charge is 0.256 e. The SMILES string of the molecule is O=C(Nc1cccc(NC(=O)c2cc(-c3ccc(Cl)c(Cl)c3)nc3ccccc23)c1)c1cc(-c2ccc(Cl)c(Cl)c2)nc2ccccc12. The lowest BCUT2D eigenvalue weighted by molar-refractivity contribution is 0.102. The average Bonchev–Trinajstić information content (AvgIpc) is 3.09. The number of hydrogen-bond donors (Lipinski definition) is 2. The predicted molar refractivity (Wildman–Crippen MR) is 197 cm³/mol. The molecule has 6 nitrogen and oxygen atoms in total. The molecule has 7 rings (SSSR count). The van der Waals surface area contributed by atoms with Crippen molar-refractivity contribution in [1.82, 2.24) is 9.97 Å². The highest BCUT2D eigenvalue weighted by Crippen LogP contribution is 2.32. The Labute approximate surface area is 295 Å². The van der Waals surface area contributed by atoms with Gasteiger partial charge in [0, 0.05) is 33.3 Å². The highest BCUT2D eigenvalue weighted by molar-refractivity contribution is 6.42. The second-order valence-corrected chi connectivity index (χ2v) is 12.5. The van der Waals surface area contributed by atoms with Gasteiger partial charge in [-0.1, -0.05) is 101 Å². The van der Waals surface area contributed by atoms with E-state index in [0.29, 0.717) is 75.8 Å². The van der Waals surface area contributed by atoms with Crippen molar-refractivity contribution in [3.05, 3.63) is 153 Å². The van der Waals surface area contributed by atoms with Crippen molar-refractivity contribution in [3.8, 4) is 22.5 Å². The fraction of sp³-hybridized carbons (Fsp3) is 0. The molecule has 0 radical (unpaired) electrons. The third kappa shape index (κ3) is 6.44. The number of carbonyl (C=O) groups excluding carboxylic acids is 2. The van der Waals surface area contributed by atoms with Gasteiger partial charge in [0.05, 0.1) is 53.6 Å². The molecule has 2 amide bonds. The summed E-state index contributed by atoms with van der Waals surface area (Å²) in [6.45, 7) is 0. The van der Waals surface area contributed by atoms with E-state index >= 15 is 0 Å². The first-order valence-corrected chi connectivity index (χ1v) is 16.2. The van der Waals surface area contributed by atoms with Crippen LogP contribution in [-0.4, -0.2) is 21.8 Å². The molecule has 0 fully saturated rings. The molecule has 2 heterocycles. The topological polar surface area (TPSA) is 84.0 Å². The molecule has 0 aliphatic rings. The fourth-order valence-electron chi connectivity index (χ4n) is 5.40. The van der Waals surface area contributed by atoms with Gasteiger partial charge in [-0.3, -0.25) is 9.59 Å². The summed E-state index contributed by atoms with van der Waals surface area (Å²) in [6.07, 6.45) is 0. The third-order valence-corrected chi connectivity index (χ3v) is 9.21. The highest BCUT2D eigenvalue weighted by atomic mass is 35.5. The molecule has 0 aliphatic carbocycles. The molecule has 0 saturated heterocycles. The van der Waals surface area contributed by atoms with Gasteiger partial charge in [0.1, 0.15) is 0 Å². The van der Waals surface area contributed by atoms with Gasteiger partial charge >= 0.3 is 0 Å². The molecule has 0 saturated carbocycles. The number of nitrogens with zero attached hydrogens (tertiary/aromatic N) is 2. The fourth-order valence-corrected chi connectivity index (χ4v) is 6.00. The Kier molecular flexibility index (Phi) is 8.73. The molecule has 0 spiro atoms. The number of halogens is 4. The van der Waals surface area contributed by atoms with Crippen molar-refractivity contribution < 1.29 is 9.59 Å². The first-order chi connectivity index (χ1) is 23.2. The Balaban J connectivity index is 1.18. The Hall–Kier alpha value is -4.98. The van der Waals surface area contributed by atoms with Crippen LogP contribution in [0.3, 0.4) is 0 Å². The van der Waals surface area contributed by atoms with Gasteiger partial charge in [0.25, 0.3) is 11.8 Å². The summed E-state index contributed by atoms with van der Waals surface area (Å²) in [5.74, 6) is -0.686. The number of nitrogens with one attached hydrogen (secondary N) is 2. The van der Waals surface area contributed by atoms with Gasteiger partial charge in [-0.05, 0) is 66.7 Å². The molecular weight excluding hydrogens is 686 g/mol. The monoisotopic (exact) mass is 706 g/mol. The summed E-state index contributed by atoms with van der Waals surface area (Å²) in [4.78, 5) is 37.0. The van der Waals surface area contributed by atoms with Crippen LogP contribution in [0, 0.1) is 0 Å². The van der Waals surface area contributed by atoms with E-state index in [2.05, 4.69) is 10.6 Å². The van der Waals surface area contributed by atoms with Crippen molar-refractivity contribution in [2.24, 2.45) is 0 Å². The van der Waals surface area contributed by atoms with Crippen LogP contribution < -0.4 is 10.6 Å². The second-order valence-electron chi connectivity index (χ2n) is 10.9. The molecule has 2 N–H and O–H groups in total. The van der Waals surface area contributed by atoms with Crippen molar-refractivity contribution in [3.63, 3.8) is 0 Å². The zero-order valence-corrected chi connectivity index (χ0v) is 27.8. The van der Waals surface area contributed by atoms with Gasteiger partial charge in [-0.2, -0.15) is 0 Å². The van der Waals surface area contributed by atoms with Gasteiger partial charge in [0.2, 0.25) is 0 Å². The van der Waals surface area contributed by atoms with E-state index in [1.807, 2.05) is 48.5 Å². The number of carbonyl (C=O) groups is 2. The zero-order chi connectivity index (χ0) is 33.4. The van der Waals surface area contributed by atoms with Gasteiger partial charge < -0.3 is 10.6 Å². The number of hydrogen-bond acceptors (Lipinski definition) is 4. The van der Waals surface area contributed by atoms with Gasteiger partial charge in [0.15, 0.2) is 0 Å². The first kappa shape index (κ1) is 31.6. The number of fused-ring (bicyclic) bond motifs is 2. The number of benzene rings is 5. The van der Waals surface area contributed by atoms with E-state index in [9.17, 15) is 9.59 Å². The summed E-state index contributed by atoms with van der Waals surface area (Å²) < 4.78 is 0.